The summed E-state index contributed by atoms with van der Waals surface area (Å²) in [5, 5.41) is 3.32. The van der Waals surface area contributed by atoms with Crippen LogP contribution in [-0.4, -0.2) is 52.8 Å². The summed E-state index contributed by atoms with van der Waals surface area (Å²) in [6.07, 6.45) is 1.75. The third-order valence-corrected chi connectivity index (χ3v) is 3.12. The Labute approximate surface area is 129 Å². The van der Waals surface area contributed by atoms with Crippen molar-refractivity contribution in [3.05, 3.63) is 6.33 Å². The van der Waals surface area contributed by atoms with Crippen molar-refractivity contribution in [1.29, 1.82) is 0 Å². The third kappa shape index (κ3) is 2.89. The van der Waals surface area contributed by atoms with E-state index < -0.39 is 0 Å². The van der Waals surface area contributed by atoms with E-state index in [9.17, 15) is 0 Å². The zero-order valence-electron chi connectivity index (χ0n) is 11.4. The number of aryl methyl sites for hydroxylation is 1. The van der Waals surface area contributed by atoms with E-state index in [2.05, 4.69) is 25.2 Å². The highest BCUT2D eigenvalue weighted by Gasteiger charge is 2.19. The van der Waals surface area contributed by atoms with Crippen molar-refractivity contribution >= 4 is 41.8 Å². The molecule has 2 aromatic heterocycles. The smallest absolute Gasteiger partial charge is 0.320 e. The van der Waals surface area contributed by atoms with Crippen LogP contribution in [0.4, 0.5) is 5.82 Å². The second-order valence-corrected chi connectivity index (χ2v) is 4.30. The first-order valence-electron chi connectivity index (χ1n) is 5.98. The monoisotopic (exact) mass is 320 g/mol. The van der Waals surface area contributed by atoms with E-state index in [0.717, 1.165) is 43.2 Å². The van der Waals surface area contributed by atoms with Crippen molar-refractivity contribution in [1.82, 2.24) is 24.8 Å². The minimum Gasteiger partial charge on any atom is -0.467 e. The van der Waals surface area contributed by atoms with Crippen molar-refractivity contribution in [2.75, 3.05) is 38.2 Å². The van der Waals surface area contributed by atoms with Gasteiger partial charge in [-0.1, -0.05) is 0 Å². The average Bonchev–Trinajstić information content (AvgIpc) is 2.80. The lowest BCUT2D eigenvalue weighted by Crippen LogP contribution is -2.44. The fourth-order valence-corrected chi connectivity index (χ4v) is 2.16. The summed E-state index contributed by atoms with van der Waals surface area (Å²) in [7, 11) is 3.50. The number of hydrogen-bond donors (Lipinski definition) is 1. The van der Waals surface area contributed by atoms with E-state index in [1.807, 2.05) is 11.6 Å². The molecule has 0 bridgehead atoms. The molecule has 1 fully saturated rings. The molecule has 7 nitrogen and oxygen atoms in total. The number of halogens is 2. The number of ether oxygens (including phenoxy) is 1. The average molecular weight is 321 g/mol. The number of nitrogens with zero attached hydrogens (tertiary/aromatic N) is 5. The molecule has 0 unspecified atom stereocenters. The Bertz CT molecular complexity index is 569. The van der Waals surface area contributed by atoms with Gasteiger partial charge in [0.2, 0.25) is 0 Å². The maximum absolute atomic E-state index is 5.17. The van der Waals surface area contributed by atoms with E-state index in [-0.39, 0.29) is 24.8 Å². The first kappa shape index (κ1) is 16.7. The van der Waals surface area contributed by atoms with Gasteiger partial charge in [0, 0.05) is 33.2 Å². The van der Waals surface area contributed by atoms with Crippen LogP contribution < -0.4 is 15.0 Å². The summed E-state index contributed by atoms with van der Waals surface area (Å²) < 4.78 is 7.05. The van der Waals surface area contributed by atoms with E-state index >= 15 is 0 Å². The Balaban J connectivity index is 0.000001000. The lowest BCUT2D eigenvalue weighted by molar-refractivity contribution is 0.381. The van der Waals surface area contributed by atoms with E-state index in [1.54, 1.807) is 13.4 Å². The molecular formula is C11H18Cl2N6O. The fraction of sp³-hybridized carbons (Fsp3) is 0.545. The quantitative estimate of drug-likeness (QED) is 0.875. The van der Waals surface area contributed by atoms with Gasteiger partial charge in [-0.3, -0.25) is 0 Å². The van der Waals surface area contributed by atoms with Gasteiger partial charge in [0.15, 0.2) is 17.0 Å². The summed E-state index contributed by atoms with van der Waals surface area (Å²) in [4.78, 5) is 15.4. The highest BCUT2D eigenvalue weighted by molar-refractivity contribution is 5.85. The summed E-state index contributed by atoms with van der Waals surface area (Å²) in [6, 6.07) is 0.389. The molecule has 2 aromatic rings. The van der Waals surface area contributed by atoms with Crippen molar-refractivity contribution in [2.24, 2.45) is 7.05 Å². The number of piperazine rings is 1. The second kappa shape index (κ2) is 6.92. The highest BCUT2D eigenvalue weighted by Crippen LogP contribution is 2.24. The molecule has 9 heteroatoms. The van der Waals surface area contributed by atoms with Crippen molar-refractivity contribution in [3.8, 4) is 6.01 Å². The van der Waals surface area contributed by atoms with Crippen molar-refractivity contribution < 1.29 is 4.74 Å². The van der Waals surface area contributed by atoms with Crippen LogP contribution in [0.1, 0.15) is 0 Å². The molecule has 1 saturated heterocycles. The largest absolute Gasteiger partial charge is 0.467 e. The zero-order chi connectivity index (χ0) is 12.5. The second-order valence-electron chi connectivity index (χ2n) is 4.30. The van der Waals surface area contributed by atoms with Gasteiger partial charge in [-0.2, -0.15) is 9.97 Å². The first-order chi connectivity index (χ1) is 8.79. The molecule has 0 saturated carbocycles. The standard InChI is InChI=1S/C11H16N6O.2ClH/c1-16-7-13-8-9(16)14-11(18-2)15-10(8)17-5-3-12-4-6-17;;/h7,12H,3-6H2,1-2H3;2*1H. The van der Waals surface area contributed by atoms with Gasteiger partial charge in [0.05, 0.1) is 13.4 Å². The molecule has 1 N–H and O–H groups in total. The van der Waals surface area contributed by atoms with Gasteiger partial charge in [0.1, 0.15) is 0 Å². The topological polar surface area (TPSA) is 68.1 Å². The minimum absolute atomic E-state index is 0. The Morgan fingerprint density at radius 2 is 1.90 bits per heavy atom. The van der Waals surface area contributed by atoms with Crippen LogP contribution in [0.3, 0.4) is 0 Å². The molecule has 1 aliphatic rings. The number of anilines is 1. The normalized spacial score (nSPS) is 14.6. The predicted octanol–water partition coefficient (Wildman–Crippen LogP) is 0.625. The number of fused-ring (bicyclic) bond motifs is 1. The van der Waals surface area contributed by atoms with Crippen molar-refractivity contribution in [3.63, 3.8) is 0 Å². The molecule has 0 radical (unpaired) electrons. The SMILES string of the molecule is COc1nc(N2CCNCC2)c2ncn(C)c2n1.Cl.Cl. The van der Waals surface area contributed by atoms with Gasteiger partial charge >= 0.3 is 6.01 Å². The number of hydrogen-bond acceptors (Lipinski definition) is 6. The van der Waals surface area contributed by atoms with Crippen LogP contribution in [0.2, 0.25) is 0 Å². The molecule has 0 aliphatic carbocycles. The van der Waals surface area contributed by atoms with E-state index in [1.165, 1.54) is 0 Å². The van der Waals surface area contributed by atoms with Gasteiger partial charge in [-0.25, -0.2) is 4.98 Å². The fourth-order valence-electron chi connectivity index (χ4n) is 2.16. The van der Waals surface area contributed by atoms with Gasteiger partial charge in [-0.15, -0.1) is 24.8 Å². The Morgan fingerprint density at radius 1 is 1.20 bits per heavy atom. The molecule has 1 aliphatic heterocycles. The molecule has 0 spiro atoms. The van der Waals surface area contributed by atoms with Crippen LogP contribution in [0.5, 0.6) is 6.01 Å². The highest BCUT2D eigenvalue weighted by atomic mass is 35.5. The number of rotatable bonds is 2. The molecule has 0 amide bonds. The molecular weight excluding hydrogens is 303 g/mol. The Hall–Kier alpha value is -1.31. The van der Waals surface area contributed by atoms with Gasteiger partial charge in [0.25, 0.3) is 0 Å². The predicted molar refractivity (Wildman–Crippen MR) is 82.4 cm³/mol. The van der Waals surface area contributed by atoms with Crippen LogP contribution in [0.15, 0.2) is 6.33 Å². The Kier molecular flexibility index (Phi) is 5.79. The molecule has 3 heterocycles. The first-order valence-corrected chi connectivity index (χ1v) is 5.98. The molecule has 3 rings (SSSR count). The molecule has 0 atom stereocenters. The lowest BCUT2D eigenvalue weighted by atomic mass is 10.3. The van der Waals surface area contributed by atoms with Crippen LogP contribution >= 0.6 is 24.8 Å². The maximum Gasteiger partial charge on any atom is 0.320 e. The zero-order valence-corrected chi connectivity index (χ0v) is 13.0. The van der Waals surface area contributed by atoms with Gasteiger partial charge in [-0.05, 0) is 0 Å². The molecule has 0 aromatic carbocycles. The van der Waals surface area contributed by atoms with Crippen LogP contribution in [0.25, 0.3) is 11.2 Å². The summed E-state index contributed by atoms with van der Waals surface area (Å²) >= 11 is 0. The van der Waals surface area contributed by atoms with E-state index in [0.29, 0.717) is 6.01 Å². The number of imidazole rings is 1. The van der Waals surface area contributed by atoms with Gasteiger partial charge < -0.3 is 19.5 Å². The van der Waals surface area contributed by atoms with Crippen molar-refractivity contribution in [2.45, 2.75) is 0 Å². The number of methoxy groups -OCH3 is 1. The summed E-state index contributed by atoms with van der Waals surface area (Å²) in [6.45, 7) is 3.76. The van der Waals surface area contributed by atoms with E-state index in [4.69, 9.17) is 4.74 Å². The van der Waals surface area contributed by atoms with Crippen LogP contribution in [-0.2, 0) is 7.05 Å². The number of aromatic nitrogens is 4. The maximum atomic E-state index is 5.17. The minimum atomic E-state index is 0. The third-order valence-electron chi connectivity index (χ3n) is 3.12. The number of nitrogens with one attached hydrogen (secondary N) is 1. The Morgan fingerprint density at radius 3 is 2.55 bits per heavy atom. The molecule has 112 valence electrons. The summed E-state index contributed by atoms with van der Waals surface area (Å²) in [5.41, 5.74) is 1.63. The summed E-state index contributed by atoms with van der Waals surface area (Å²) in [5.74, 6) is 0.860. The molecule has 20 heavy (non-hydrogen) atoms. The lowest BCUT2D eigenvalue weighted by Gasteiger charge is -2.28. The van der Waals surface area contributed by atoms with Crippen LogP contribution in [0, 0.1) is 0 Å².